The smallest absolute Gasteiger partial charge is 0.331 e. The molecule has 0 bridgehead atoms. The highest BCUT2D eigenvalue weighted by Crippen LogP contribution is 2.05. The minimum Gasteiger partial charge on any atom is -0.479 e. The Labute approximate surface area is 119 Å². The van der Waals surface area contributed by atoms with E-state index >= 15 is 0 Å². The maximum atomic E-state index is 11.6. The Kier molecular flexibility index (Phi) is 7.83. The number of aliphatic carboxylic acids is 1. The van der Waals surface area contributed by atoms with Crippen LogP contribution in [0.25, 0.3) is 0 Å². The van der Waals surface area contributed by atoms with E-state index in [0.717, 1.165) is 6.42 Å². The Balaban J connectivity index is 4.21. The number of ether oxygens (including phenoxy) is 1. The summed E-state index contributed by atoms with van der Waals surface area (Å²) < 4.78 is 4.78. The second-order valence-electron chi connectivity index (χ2n) is 5.33. The minimum atomic E-state index is -1.51. The highest BCUT2D eigenvalue weighted by Gasteiger charge is 2.34. The van der Waals surface area contributed by atoms with Gasteiger partial charge in [0.1, 0.15) is 0 Å². The van der Waals surface area contributed by atoms with Gasteiger partial charge in [-0.05, 0) is 19.3 Å². The van der Waals surface area contributed by atoms with Crippen LogP contribution in [0.1, 0.15) is 33.6 Å². The topological polar surface area (TPSA) is 105 Å². The van der Waals surface area contributed by atoms with Crippen LogP contribution in [0, 0.1) is 5.92 Å². The molecule has 20 heavy (non-hydrogen) atoms. The van der Waals surface area contributed by atoms with Crippen molar-refractivity contribution < 1.29 is 24.2 Å². The van der Waals surface area contributed by atoms with Crippen molar-refractivity contribution in [2.75, 3.05) is 20.3 Å². The molecule has 0 saturated carbocycles. The van der Waals surface area contributed by atoms with Crippen molar-refractivity contribution in [2.24, 2.45) is 5.92 Å². The van der Waals surface area contributed by atoms with Gasteiger partial charge in [0.25, 0.3) is 0 Å². The van der Waals surface area contributed by atoms with Crippen molar-refractivity contribution in [2.45, 2.75) is 39.2 Å². The normalized spacial score (nSPS) is 13.7. The van der Waals surface area contributed by atoms with Crippen LogP contribution in [0.3, 0.4) is 0 Å². The summed E-state index contributed by atoms with van der Waals surface area (Å²) in [7, 11) is 1.35. The summed E-state index contributed by atoms with van der Waals surface area (Å²) in [6.45, 7) is 4.95. The molecular formula is C13H24N2O5. The molecule has 0 aromatic carbocycles. The highest BCUT2D eigenvalue weighted by molar-refractivity contribution is 5.89. The van der Waals surface area contributed by atoms with Crippen LogP contribution in [0.15, 0.2) is 0 Å². The number of carboxylic acids is 1. The van der Waals surface area contributed by atoms with Gasteiger partial charge in [-0.15, -0.1) is 0 Å². The van der Waals surface area contributed by atoms with Crippen molar-refractivity contribution >= 4 is 17.8 Å². The standard InChI is InChI=1S/C13H24N2O5/c1-9(2)5-6-10(16)14-7-11(17)15-13(3,8-20-4)12(18)19/h9H,5-8H2,1-4H3,(H,14,16)(H,15,17)(H,18,19). The zero-order valence-corrected chi connectivity index (χ0v) is 12.5. The van der Waals surface area contributed by atoms with Crippen LogP contribution < -0.4 is 10.6 Å². The van der Waals surface area contributed by atoms with Gasteiger partial charge in [0, 0.05) is 13.5 Å². The molecule has 0 fully saturated rings. The molecule has 3 N–H and O–H groups in total. The van der Waals surface area contributed by atoms with Crippen LogP contribution in [0.2, 0.25) is 0 Å². The van der Waals surface area contributed by atoms with Gasteiger partial charge in [-0.3, -0.25) is 9.59 Å². The molecule has 0 aliphatic rings. The quantitative estimate of drug-likeness (QED) is 0.560. The summed E-state index contributed by atoms with van der Waals surface area (Å²) in [5.74, 6) is -1.58. The third-order valence-corrected chi connectivity index (χ3v) is 2.72. The predicted molar refractivity (Wildman–Crippen MR) is 73.1 cm³/mol. The Hall–Kier alpha value is -1.63. The summed E-state index contributed by atoms with van der Waals surface area (Å²) in [4.78, 5) is 34.2. The number of carbonyl (C=O) groups is 3. The minimum absolute atomic E-state index is 0.157. The van der Waals surface area contributed by atoms with E-state index in [1.807, 2.05) is 13.8 Å². The Morgan fingerprint density at radius 1 is 1.25 bits per heavy atom. The molecule has 0 aromatic rings. The molecule has 0 rings (SSSR count). The molecule has 1 atom stereocenters. The lowest BCUT2D eigenvalue weighted by Gasteiger charge is -2.25. The van der Waals surface area contributed by atoms with E-state index in [9.17, 15) is 14.4 Å². The summed E-state index contributed by atoms with van der Waals surface area (Å²) in [6.07, 6.45) is 1.09. The van der Waals surface area contributed by atoms with Crippen LogP contribution in [0.4, 0.5) is 0 Å². The number of carbonyl (C=O) groups excluding carboxylic acids is 2. The molecule has 0 aliphatic heterocycles. The van der Waals surface area contributed by atoms with Crippen LogP contribution in [-0.2, 0) is 19.1 Å². The largest absolute Gasteiger partial charge is 0.479 e. The molecule has 0 aromatic heterocycles. The van der Waals surface area contributed by atoms with Crippen LogP contribution in [0.5, 0.6) is 0 Å². The van der Waals surface area contributed by atoms with Gasteiger partial charge in [0.2, 0.25) is 11.8 Å². The number of rotatable bonds is 9. The van der Waals surface area contributed by atoms with Gasteiger partial charge in [-0.2, -0.15) is 0 Å². The van der Waals surface area contributed by atoms with E-state index < -0.39 is 17.4 Å². The molecule has 7 nitrogen and oxygen atoms in total. The summed E-state index contributed by atoms with van der Waals surface area (Å²) >= 11 is 0. The van der Waals surface area contributed by atoms with Crippen molar-refractivity contribution in [1.82, 2.24) is 10.6 Å². The first-order valence-electron chi connectivity index (χ1n) is 6.51. The number of hydrogen-bond donors (Lipinski definition) is 3. The lowest BCUT2D eigenvalue weighted by atomic mass is 10.0. The van der Waals surface area contributed by atoms with Crippen molar-refractivity contribution in [1.29, 1.82) is 0 Å². The predicted octanol–water partition coefficient (Wildman–Crippen LogP) is 0.145. The van der Waals surface area contributed by atoms with E-state index in [2.05, 4.69) is 10.6 Å². The molecule has 0 heterocycles. The second kappa shape index (κ2) is 8.52. The molecule has 1 unspecified atom stereocenters. The third-order valence-electron chi connectivity index (χ3n) is 2.72. The number of amides is 2. The molecule has 0 saturated heterocycles. The van der Waals surface area contributed by atoms with Gasteiger partial charge >= 0.3 is 5.97 Å². The maximum Gasteiger partial charge on any atom is 0.331 e. The van der Waals surface area contributed by atoms with Crippen LogP contribution in [-0.4, -0.2) is 48.7 Å². The number of nitrogens with one attached hydrogen (secondary N) is 2. The molecule has 0 aliphatic carbocycles. The molecule has 0 radical (unpaired) electrons. The monoisotopic (exact) mass is 288 g/mol. The van der Waals surface area contributed by atoms with Gasteiger partial charge in [0.05, 0.1) is 13.2 Å². The van der Waals surface area contributed by atoms with Gasteiger partial charge in [-0.25, -0.2) is 4.79 Å². The van der Waals surface area contributed by atoms with E-state index in [1.54, 1.807) is 0 Å². The average molecular weight is 288 g/mol. The first kappa shape index (κ1) is 18.4. The fraction of sp³-hybridized carbons (Fsp3) is 0.769. The van der Waals surface area contributed by atoms with Gasteiger partial charge in [-0.1, -0.05) is 13.8 Å². The summed E-state index contributed by atoms with van der Waals surface area (Å²) in [5.41, 5.74) is -1.51. The fourth-order valence-electron chi connectivity index (χ4n) is 1.48. The zero-order chi connectivity index (χ0) is 15.8. The average Bonchev–Trinajstić information content (AvgIpc) is 2.33. The first-order valence-corrected chi connectivity index (χ1v) is 6.51. The van der Waals surface area contributed by atoms with E-state index in [4.69, 9.17) is 9.84 Å². The van der Waals surface area contributed by atoms with Crippen molar-refractivity contribution in [3.05, 3.63) is 0 Å². The van der Waals surface area contributed by atoms with Crippen LogP contribution >= 0.6 is 0 Å². The molecular weight excluding hydrogens is 264 g/mol. The third kappa shape index (κ3) is 7.08. The SMILES string of the molecule is COCC(C)(NC(=O)CNC(=O)CCC(C)C)C(=O)O. The zero-order valence-electron chi connectivity index (χ0n) is 12.5. The Morgan fingerprint density at radius 2 is 1.85 bits per heavy atom. The first-order chi connectivity index (χ1) is 9.21. The highest BCUT2D eigenvalue weighted by atomic mass is 16.5. The summed E-state index contributed by atoms with van der Waals surface area (Å²) in [6, 6.07) is 0. The number of hydrogen-bond acceptors (Lipinski definition) is 4. The van der Waals surface area contributed by atoms with Gasteiger partial charge in [0.15, 0.2) is 5.54 Å². The van der Waals surface area contributed by atoms with E-state index in [1.165, 1.54) is 14.0 Å². The second-order valence-corrected chi connectivity index (χ2v) is 5.33. The van der Waals surface area contributed by atoms with Crippen molar-refractivity contribution in [3.8, 4) is 0 Å². The lowest BCUT2D eigenvalue weighted by Crippen LogP contribution is -2.57. The number of carboxylic acid groups (broad SMARTS) is 1. The molecule has 116 valence electrons. The van der Waals surface area contributed by atoms with E-state index in [-0.39, 0.29) is 19.1 Å². The maximum absolute atomic E-state index is 11.6. The lowest BCUT2D eigenvalue weighted by molar-refractivity contribution is -0.149. The molecule has 2 amide bonds. The Bertz CT molecular complexity index is 357. The van der Waals surface area contributed by atoms with E-state index in [0.29, 0.717) is 12.3 Å². The molecule has 7 heteroatoms. The Morgan fingerprint density at radius 3 is 2.30 bits per heavy atom. The number of methoxy groups -OCH3 is 1. The van der Waals surface area contributed by atoms with Gasteiger partial charge < -0.3 is 20.5 Å². The molecule has 0 spiro atoms. The summed E-state index contributed by atoms with van der Waals surface area (Å²) in [5, 5.41) is 13.8. The fourth-order valence-corrected chi connectivity index (χ4v) is 1.48. The van der Waals surface area contributed by atoms with Crippen molar-refractivity contribution in [3.63, 3.8) is 0 Å².